The zero-order valence-corrected chi connectivity index (χ0v) is 10.2. The van der Waals surface area contributed by atoms with E-state index in [9.17, 15) is 13.5 Å². The second-order valence-corrected chi connectivity index (χ2v) is 6.87. The molecule has 0 spiro atoms. The van der Waals surface area contributed by atoms with Crippen LogP contribution in [0.1, 0.15) is 17.9 Å². The smallest absolute Gasteiger partial charge is 0.152 e. The molecule has 0 amide bonds. The molecule has 0 aliphatic heterocycles. The maximum Gasteiger partial charge on any atom is 0.152 e. The van der Waals surface area contributed by atoms with Crippen molar-refractivity contribution in [2.75, 3.05) is 6.26 Å². The molecule has 0 fully saturated rings. The number of hydrogen-bond donors (Lipinski definition) is 1. The zero-order valence-electron chi connectivity index (χ0n) is 7.77. The summed E-state index contributed by atoms with van der Waals surface area (Å²) in [7, 11) is -3.25. The molecule has 1 aromatic rings. The third-order valence-corrected chi connectivity index (χ3v) is 5.07. The molecule has 0 aromatic carbocycles. The highest BCUT2D eigenvalue weighted by molar-refractivity contribution is 7.91. The maximum atomic E-state index is 11.2. The molecule has 3 nitrogen and oxygen atoms in total. The van der Waals surface area contributed by atoms with E-state index in [0.29, 0.717) is 9.90 Å². The highest BCUT2D eigenvalue weighted by atomic mass is 35.5. The van der Waals surface area contributed by atoms with E-state index in [2.05, 4.69) is 0 Å². The van der Waals surface area contributed by atoms with Crippen molar-refractivity contribution in [1.29, 1.82) is 0 Å². The largest absolute Gasteiger partial charge is 0.386 e. The van der Waals surface area contributed by atoms with Gasteiger partial charge in [-0.15, -0.1) is 11.3 Å². The Bertz CT molecular complexity index is 410. The summed E-state index contributed by atoms with van der Waals surface area (Å²) in [5.41, 5.74) is 0. The van der Waals surface area contributed by atoms with Crippen LogP contribution in [0.15, 0.2) is 11.4 Å². The topological polar surface area (TPSA) is 54.4 Å². The van der Waals surface area contributed by atoms with E-state index in [1.165, 1.54) is 18.3 Å². The first-order valence-corrected chi connectivity index (χ1v) is 7.15. The van der Waals surface area contributed by atoms with Gasteiger partial charge in [-0.25, -0.2) is 8.42 Å². The predicted octanol–water partition coefficient (Wildman–Crippen LogP) is 1.87. The lowest BCUT2D eigenvalue weighted by Crippen LogP contribution is -2.23. The molecule has 80 valence electrons. The number of sulfone groups is 1. The van der Waals surface area contributed by atoms with Crippen molar-refractivity contribution in [1.82, 2.24) is 0 Å². The van der Waals surface area contributed by atoms with Gasteiger partial charge in [-0.3, -0.25) is 0 Å². The minimum absolute atomic E-state index is 0.415. The first-order valence-electron chi connectivity index (χ1n) is 3.94. The Balaban J connectivity index is 2.97. The van der Waals surface area contributed by atoms with Crippen molar-refractivity contribution in [3.8, 4) is 0 Å². The highest BCUT2D eigenvalue weighted by Gasteiger charge is 2.27. The third kappa shape index (κ3) is 2.48. The van der Waals surface area contributed by atoms with Crippen LogP contribution in [0.25, 0.3) is 0 Å². The van der Waals surface area contributed by atoms with Gasteiger partial charge in [0, 0.05) is 6.26 Å². The van der Waals surface area contributed by atoms with Gasteiger partial charge >= 0.3 is 0 Å². The van der Waals surface area contributed by atoms with Gasteiger partial charge in [0.05, 0.1) is 15.1 Å². The molecular weight excluding hydrogens is 244 g/mol. The van der Waals surface area contributed by atoms with Crippen molar-refractivity contribution < 1.29 is 13.5 Å². The summed E-state index contributed by atoms with van der Waals surface area (Å²) in [6, 6.07) is 1.64. The first-order chi connectivity index (χ1) is 6.34. The summed E-state index contributed by atoms with van der Waals surface area (Å²) >= 11 is 7.04. The van der Waals surface area contributed by atoms with Gasteiger partial charge in [-0.2, -0.15) is 0 Å². The number of aliphatic hydroxyl groups is 1. The van der Waals surface area contributed by atoms with E-state index in [4.69, 9.17) is 11.6 Å². The Morgan fingerprint density at radius 3 is 2.50 bits per heavy atom. The van der Waals surface area contributed by atoms with E-state index in [1.54, 1.807) is 11.4 Å². The van der Waals surface area contributed by atoms with Gasteiger partial charge in [-0.05, 0) is 18.4 Å². The van der Waals surface area contributed by atoms with Gasteiger partial charge in [0.15, 0.2) is 9.84 Å². The van der Waals surface area contributed by atoms with Crippen LogP contribution < -0.4 is 0 Å². The van der Waals surface area contributed by atoms with Crippen molar-refractivity contribution in [2.24, 2.45) is 0 Å². The van der Waals surface area contributed by atoms with Crippen molar-refractivity contribution in [3.63, 3.8) is 0 Å². The molecule has 1 N–H and O–H groups in total. The van der Waals surface area contributed by atoms with Gasteiger partial charge in [0.2, 0.25) is 0 Å². The number of halogens is 1. The maximum absolute atomic E-state index is 11.2. The van der Waals surface area contributed by atoms with E-state index >= 15 is 0 Å². The Morgan fingerprint density at radius 2 is 2.14 bits per heavy atom. The molecule has 0 aliphatic carbocycles. The van der Waals surface area contributed by atoms with Gasteiger partial charge < -0.3 is 5.11 Å². The minimum atomic E-state index is -3.25. The van der Waals surface area contributed by atoms with Crippen LogP contribution in [-0.2, 0) is 9.84 Å². The number of thiophene rings is 1. The SMILES string of the molecule is CC(C(O)c1sccc1Cl)S(C)(=O)=O. The third-order valence-electron chi connectivity index (χ3n) is 2.03. The lowest BCUT2D eigenvalue weighted by Gasteiger charge is -2.15. The first kappa shape index (κ1) is 12.0. The van der Waals surface area contributed by atoms with Crippen LogP contribution >= 0.6 is 22.9 Å². The van der Waals surface area contributed by atoms with Crippen molar-refractivity contribution in [3.05, 3.63) is 21.3 Å². The molecule has 2 atom stereocenters. The highest BCUT2D eigenvalue weighted by Crippen LogP contribution is 2.32. The van der Waals surface area contributed by atoms with Crippen molar-refractivity contribution >= 4 is 32.8 Å². The molecular formula is C8H11ClO3S2. The van der Waals surface area contributed by atoms with E-state index < -0.39 is 21.2 Å². The molecule has 0 bridgehead atoms. The van der Waals surface area contributed by atoms with Gasteiger partial charge in [0.1, 0.15) is 6.10 Å². The van der Waals surface area contributed by atoms with Crippen LogP contribution in [0.5, 0.6) is 0 Å². The molecule has 0 aliphatic rings. The lowest BCUT2D eigenvalue weighted by molar-refractivity contribution is 0.180. The molecule has 14 heavy (non-hydrogen) atoms. The fourth-order valence-electron chi connectivity index (χ4n) is 0.964. The average molecular weight is 255 g/mol. The summed E-state index contributed by atoms with van der Waals surface area (Å²) in [4.78, 5) is 0.504. The van der Waals surface area contributed by atoms with Crippen LogP contribution in [0.3, 0.4) is 0 Å². The number of rotatable bonds is 3. The molecule has 1 rings (SSSR count). The monoisotopic (exact) mass is 254 g/mol. The lowest BCUT2D eigenvalue weighted by atomic mass is 10.2. The van der Waals surface area contributed by atoms with Crippen molar-refractivity contribution in [2.45, 2.75) is 18.3 Å². The normalized spacial score (nSPS) is 16.6. The predicted molar refractivity (Wildman–Crippen MR) is 58.6 cm³/mol. The number of aliphatic hydroxyl groups excluding tert-OH is 1. The van der Waals surface area contributed by atoms with E-state index in [0.717, 1.165) is 6.26 Å². The Morgan fingerprint density at radius 1 is 1.57 bits per heavy atom. The summed E-state index contributed by atoms with van der Waals surface area (Å²) in [6.45, 7) is 1.47. The van der Waals surface area contributed by atoms with Crippen LogP contribution in [-0.4, -0.2) is 25.0 Å². The molecule has 2 unspecified atom stereocenters. The summed E-state index contributed by atoms with van der Waals surface area (Å²) in [6.07, 6.45) is 0.0556. The quantitative estimate of drug-likeness (QED) is 0.896. The Kier molecular flexibility index (Phi) is 3.58. The Hall–Kier alpha value is -0.100. The molecule has 0 saturated heterocycles. The molecule has 1 aromatic heterocycles. The zero-order chi connectivity index (χ0) is 10.9. The standard InChI is InChI=1S/C8H11ClO3S2/c1-5(14(2,11)12)7(10)8-6(9)3-4-13-8/h3-5,7,10H,1-2H3. The number of hydrogen-bond acceptors (Lipinski definition) is 4. The minimum Gasteiger partial charge on any atom is -0.386 e. The van der Waals surface area contributed by atoms with Crippen LogP contribution in [0.4, 0.5) is 0 Å². The van der Waals surface area contributed by atoms with Crippen LogP contribution in [0.2, 0.25) is 5.02 Å². The summed E-state index contributed by atoms with van der Waals surface area (Å²) in [5.74, 6) is 0. The average Bonchev–Trinajstić information content (AvgIpc) is 2.47. The molecule has 0 radical (unpaired) electrons. The van der Waals surface area contributed by atoms with E-state index in [-0.39, 0.29) is 0 Å². The van der Waals surface area contributed by atoms with Gasteiger partial charge in [-0.1, -0.05) is 11.6 Å². The van der Waals surface area contributed by atoms with E-state index in [1.807, 2.05) is 0 Å². The van der Waals surface area contributed by atoms with Gasteiger partial charge in [0.25, 0.3) is 0 Å². The second-order valence-electron chi connectivity index (χ2n) is 3.11. The molecule has 6 heteroatoms. The fourth-order valence-corrected chi connectivity index (χ4v) is 2.91. The molecule has 0 saturated carbocycles. The molecule has 1 heterocycles. The fraction of sp³-hybridized carbons (Fsp3) is 0.500. The summed E-state index contributed by atoms with van der Waals surface area (Å²) in [5, 5.41) is 11.0. The van der Waals surface area contributed by atoms with Crippen LogP contribution in [0, 0.1) is 0 Å². The Labute approximate surface area is 92.3 Å². The summed E-state index contributed by atoms with van der Waals surface area (Å²) < 4.78 is 22.4. The second kappa shape index (κ2) is 4.18.